The molecule has 0 aliphatic rings. The quantitative estimate of drug-likeness (QED) is 0.923. The monoisotopic (exact) mass is 261 g/mol. The van der Waals surface area contributed by atoms with Crippen LogP contribution in [-0.2, 0) is 6.54 Å². The Kier molecular flexibility index (Phi) is 3.26. The molecule has 0 aliphatic carbocycles. The van der Waals surface area contributed by atoms with Gasteiger partial charge in [0.25, 0.3) is 0 Å². The van der Waals surface area contributed by atoms with Gasteiger partial charge in [0.1, 0.15) is 6.07 Å². The molecule has 1 atom stereocenters. The van der Waals surface area contributed by atoms with Crippen LogP contribution in [0.2, 0.25) is 5.02 Å². The van der Waals surface area contributed by atoms with E-state index in [4.69, 9.17) is 24.0 Å². The molecule has 2 aromatic rings. The van der Waals surface area contributed by atoms with Crippen molar-refractivity contribution in [2.75, 3.05) is 0 Å². The number of aromatic nitrogens is 2. The molecule has 4 nitrogen and oxygen atoms in total. The first kappa shape index (κ1) is 11.3. The minimum atomic E-state index is -1.06. The lowest BCUT2D eigenvalue weighted by molar-refractivity contribution is 0.540. The Balaban J connectivity index is 2.28. The van der Waals surface area contributed by atoms with Crippen LogP contribution in [0.15, 0.2) is 30.5 Å². The second-order valence-electron chi connectivity index (χ2n) is 4.05. The highest BCUT2D eigenvalue weighted by Crippen LogP contribution is 2.24. The SMILES string of the molecule is [2H][C@](C)(N)Cn1ccc(-c2ccc(C#N)c(Cl)c2)n1. The molecule has 0 aliphatic heterocycles. The summed E-state index contributed by atoms with van der Waals surface area (Å²) in [5.41, 5.74) is 7.62. The van der Waals surface area contributed by atoms with Crippen molar-refractivity contribution in [2.24, 2.45) is 5.73 Å². The summed E-state index contributed by atoms with van der Waals surface area (Å²) >= 11 is 5.99. The zero-order valence-corrected chi connectivity index (χ0v) is 10.6. The first-order valence-electron chi connectivity index (χ1n) is 5.91. The summed E-state index contributed by atoms with van der Waals surface area (Å²) in [4.78, 5) is 0. The van der Waals surface area contributed by atoms with E-state index in [9.17, 15) is 0 Å². The zero-order chi connectivity index (χ0) is 14.0. The van der Waals surface area contributed by atoms with Gasteiger partial charge in [-0.1, -0.05) is 17.7 Å². The Morgan fingerprint density at radius 1 is 1.61 bits per heavy atom. The van der Waals surface area contributed by atoms with E-state index < -0.39 is 6.02 Å². The Labute approximate surface area is 112 Å². The van der Waals surface area contributed by atoms with Gasteiger partial charge in [-0.25, -0.2) is 0 Å². The molecule has 2 rings (SSSR count). The van der Waals surface area contributed by atoms with Crippen molar-refractivity contribution in [3.63, 3.8) is 0 Å². The van der Waals surface area contributed by atoms with E-state index in [1.165, 1.54) is 0 Å². The van der Waals surface area contributed by atoms with Crippen molar-refractivity contribution >= 4 is 11.6 Å². The van der Waals surface area contributed by atoms with Gasteiger partial charge >= 0.3 is 0 Å². The summed E-state index contributed by atoms with van der Waals surface area (Å²) in [7, 11) is 0. The summed E-state index contributed by atoms with van der Waals surface area (Å²) in [6, 6.07) is 7.93. The average molecular weight is 262 g/mol. The number of nitrogens with two attached hydrogens (primary N) is 1. The van der Waals surface area contributed by atoms with Crippen LogP contribution in [0.25, 0.3) is 11.3 Å². The molecule has 1 aromatic heterocycles. The minimum Gasteiger partial charge on any atom is -0.326 e. The lowest BCUT2D eigenvalue weighted by Gasteiger charge is -2.04. The van der Waals surface area contributed by atoms with Gasteiger partial charge in [0, 0.05) is 19.1 Å². The van der Waals surface area contributed by atoms with E-state index in [2.05, 4.69) is 5.10 Å². The van der Waals surface area contributed by atoms with Gasteiger partial charge in [-0.3, -0.25) is 4.68 Å². The molecule has 18 heavy (non-hydrogen) atoms. The number of nitrogens with zero attached hydrogens (tertiary/aromatic N) is 3. The highest BCUT2D eigenvalue weighted by Gasteiger charge is 2.06. The molecule has 0 saturated carbocycles. The summed E-state index contributed by atoms with van der Waals surface area (Å²) in [6.07, 6.45) is 1.76. The van der Waals surface area contributed by atoms with E-state index in [1.54, 1.807) is 36.0 Å². The average Bonchev–Trinajstić information content (AvgIpc) is 2.75. The zero-order valence-electron chi connectivity index (χ0n) is 10.9. The molecule has 0 spiro atoms. The summed E-state index contributed by atoms with van der Waals surface area (Å²) in [5, 5.41) is 13.6. The van der Waals surface area contributed by atoms with Crippen molar-refractivity contribution in [1.82, 2.24) is 9.78 Å². The topological polar surface area (TPSA) is 67.6 Å². The third-order valence-electron chi connectivity index (χ3n) is 2.44. The highest BCUT2D eigenvalue weighted by molar-refractivity contribution is 6.32. The fourth-order valence-electron chi connectivity index (χ4n) is 1.62. The Bertz CT molecular complexity index is 637. The molecular weight excluding hydrogens is 248 g/mol. The van der Waals surface area contributed by atoms with Gasteiger partial charge in [-0.05, 0) is 25.1 Å². The summed E-state index contributed by atoms with van der Waals surface area (Å²) < 4.78 is 9.25. The normalized spacial score (nSPS) is 14.7. The number of hydrogen-bond donors (Lipinski definition) is 1. The molecule has 0 bridgehead atoms. The molecule has 92 valence electrons. The van der Waals surface area contributed by atoms with Crippen LogP contribution in [0.3, 0.4) is 0 Å². The summed E-state index contributed by atoms with van der Waals surface area (Å²) in [6.45, 7) is 1.92. The van der Waals surface area contributed by atoms with Crippen LogP contribution in [0.4, 0.5) is 0 Å². The number of nitriles is 1. The van der Waals surface area contributed by atoms with E-state index >= 15 is 0 Å². The Hall–Kier alpha value is -1.83. The van der Waals surface area contributed by atoms with Crippen molar-refractivity contribution in [1.29, 1.82) is 5.26 Å². The van der Waals surface area contributed by atoms with E-state index in [0.29, 0.717) is 17.1 Å². The summed E-state index contributed by atoms with van der Waals surface area (Å²) in [5.74, 6) is 0. The van der Waals surface area contributed by atoms with Crippen molar-refractivity contribution in [3.05, 3.63) is 41.0 Å². The third kappa shape index (κ3) is 2.70. The maximum atomic E-state index is 8.82. The molecule has 5 heteroatoms. The number of hydrogen-bond acceptors (Lipinski definition) is 3. The molecule has 2 N–H and O–H groups in total. The van der Waals surface area contributed by atoms with E-state index in [0.717, 1.165) is 11.3 Å². The van der Waals surface area contributed by atoms with Gasteiger partial charge < -0.3 is 5.73 Å². The van der Waals surface area contributed by atoms with Gasteiger partial charge in [-0.2, -0.15) is 10.4 Å². The number of halogens is 1. The second kappa shape index (κ2) is 5.21. The molecular formula is C13H13ClN4. The van der Waals surface area contributed by atoms with Crippen LogP contribution < -0.4 is 5.73 Å². The fourth-order valence-corrected chi connectivity index (χ4v) is 1.85. The van der Waals surface area contributed by atoms with Gasteiger partial charge in [0.2, 0.25) is 0 Å². The molecule has 1 aromatic carbocycles. The standard InChI is InChI=1S/C13H13ClN4/c1-9(16)8-18-5-4-13(17-18)10-2-3-11(7-15)12(14)6-10/h2-6,9H,8,16H2,1H3/t9-/m1/s1/i9D. The van der Waals surface area contributed by atoms with Crippen LogP contribution in [0.5, 0.6) is 0 Å². The van der Waals surface area contributed by atoms with Crippen LogP contribution in [0, 0.1) is 11.3 Å². The number of benzene rings is 1. The van der Waals surface area contributed by atoms with Gasteiger partial charge in [0.05, 0.1) is 22.8 Å². The minimum absolute atomic E-state index is 0.303. The molecule has 0 saturated heterocycles. The predicted molar refractivity (Wildman–Crippen MR) is 71.0 cm³/mol. The van der Waals surface area contributed by atoms with Crippen LogP contribution in [0.1, 0.15) is 13.9 Å². The van der Waals surface area contributed by atoms with Crippen molar-refractivity contribution in [2.45, 2.75) is 19.5 Å². The van der Waals surface area contributed by atoms with Crippen LogP contribution >= 0.6 is 11.6 Å². The first-order valence-corrected chi connectivity index (χ1v) is 5.79. The molecule has 0 unspecified atom stereocenters. The van der Waals surface area contributed by atoms with Gasteiger partial charge in [-0.15, -0.1) is 0 Å². The second-order valence-corrected chi connectivity index (χ2v) is 4.46. The first-order chi connectivity index (χ1) is 8.89. The third-order valence-corrected chi connectivity index (χ3v) is 2.75. The van der Waals surface area contributed by atoms with Crippen molar-refractivity contribution < 1.29 is 1.37 Å². The van der Waals surface area contributed by atoms with Gasteiger partial charge in [0.15, 0.2) is 0 Å². The van der Waals surface area contributed by atoms with Crippen molar-refractivity contribution in [3.8, 4) is 17.3 Å². The van der Waals surface area contributed by atoms with E-state index in [1.807, 2.05) is 12.1 Å². The molecule has 1 heterocycles. The largest absolute Gasteiger partial charge is 0.326 e. The molecule has 0 amide bonds. The maximum Gasteiger partial charge on any atom is 0.101 e. The Morgan fingerprint density at radius 2 is 2.39 bits per heavy atom. The molecule has 0 fully saturated rings. The fraction of sp³-hybridized carbons (Fsp3) is 0.231. The highest BCUT2D eigenvalue weighted by atomic mass is 35.5. The Morgan fingerprint density at radius 3 is 3.00 bits per heavy atom. The predicted octanol–water partition coefficient (Wildman–Crippen LogP) is 2.42. The molecule has 0 radical (unpaired) electrons. The smallest absolute Gasteiger partial charge is 0.101 e. The van der Waals surface area contributed by atoms with E-state index in [-0.39, 0.29) is 0 Å². The lowest BCUT2D eigenvalue weighted by atomic mass is 10.1. The lowest BCUT2D eigenvalue weighted by Crippen LogP contribution is -2.22. The van der Waals surface area contributed by atoms with Crippen LogP contribution in [-0.4, -0.2) is 15.8 Å². The number of rotatable bonds is 3. The maximum absolute atomic E-state index is 8.82.